The van der Waals surface area contributed by atoms with Gasteiger partial charge in [-0.05, 0) is 59.3 Å². The van der Waals surface area contributed by atoms with Crippen molar-refractivity contribution in [1.82, 2.24) is 5.32 Å². The van der Waals surface area contributed by atoms with Crippen LogP contribution in [-0.2, 0) is 0 Å². The van der Waals surface area contributed by atoms with E-state index in [4.69, 9.17) is 0 Å². The average molecular weight is 369 g/mol. The van der Waals surface area contributed by atoms with Crippen molar-refractivity contribution < 1.29 is 4.39 Å². The molecule has 0 saturated heterocycles. The van der Waals surface area contributed by atoms with Gasteiger partial charge in [0.15, 0.2) is 0 Å². The topological polar surface area (TPSA) is 12.0 Å². The SMILES string of the molecule is CCNC(c1cccc(C)c1)c1ccc(F)cc1I. The molecule has 1 unspecified atom stereocenters. The van der Waals surface area contributed by atoms with Crippen molar-refractivity contribution in [3.8, 4) is 0 Å². The van der Waals surface area contributed by atoms with Crippen molar-refractivity contribution in [2.24, 2.45) is 0 Å². The molecule has 100 valence electrons. The highest BCUT2D eigenvalue weighted by molar-refractivity contribution is 14.1. The molecule has 2 aromatic rings. The second kappa shape index (κ2) is 6.48. The quantitative estimate of drug-likeness (QED) is 0.786. The van der Waals surface area contributed by atoms with E-state index in [1.165, 1.54) is 17.2 Å². The van der Waals surface area contributed by atoms with Crippen molar-refractivity contribution >= 4 is 22.6 Å². The predicted molar refractivity (Wildman–Crippen MR) is 85.8 cm³/mol. The Hall–Kier alpha value is -0.940. The van der Waals surface area contributed by atoms with E-state index in [1.807, 2.05) is 6.07 Å². The summed E-state index contributed by atoms with van der Waals surface area (Å²) < 4.78 is 14.2. The van der Waals surface area contributed by atoms with Gasteiger partial charge in [0.05, 0.1) is 6.04 Å². The van der Waals surface area contributed by atoms with Gasteiger partial charge in [0, 0.05) is 3.57 Å². The van der Waals surface area contributed by atoms with E-state index in [9.17, 15) is 4.39 Å². The lowest BCUT2D eigenvalue weighted by Crippen LogP contribution is -2.23. The van der Waals surface area contributed by atoms with E-state index in [0.717, 1.165) is 15.7 Å². The first kappa shape index (κ1) is 14.5. The summed E-state index contributed by atoms with van der Waals surface area (Å²) >= 11 is 2.20. The van der Waals surface area contributed by atoms with Crippen LogP contribution in [0.4, 0.5) is 4.39 Å². The smallest absolute Gasteiger partial charge is 0.124 e. The predicted octanol–water partition coefficient (Wildman–Crippen LogP) is 4.44. The summed E-state index contributed by atoms with van der Waals surface area (Å²) in [5.74, 6) is -0.187. The minimum Gasteiger partial charge on any atom is -0.306 e. The van der Waals surface area contributed by atoms with Crippen LogP contribution in [0.1, 0.15) is 29.7 Å². The number of benzene rings is 2. The van der Waals surface area contributed by atoms with Crippen LogP contribution < -0.4 is 5.32 Å². The van der Waals surface area contributed by atoms with Gasteiger partial charge in [-0.15, -0.1) is 0 Å². The third-order valence-corrected chi connectivity index (χ3v) is 3.99. The molecule has 1 nitrogen and oxygen atoms in total. The maximum absolute atomic E-state index is 13.2. The molecule has 0 aliphatic heterocycles. The molecular weight excluding hydrogens is 352 g/mol. The highest BCUT2D eigenvalue weighted by atomic mass is 127. The molecule has 2 rings (SSSR count). The molecule has 0 fully saturated rings. The van der Waals surface area contributed by atoms with Crippen molar-refractivity contribution in [1.29, 1.82) is 0 Å². The molecule has 0 bridgehead atoms. The van der Waals surface area contributed by atoms with Crippen LogP contribution in [0.2, 0.25) is 0 Å². The minimum atomic E-state index is -0.187. The molecule has 1 N–H and O–H groups in total. The molecule has 19 heavy (non-hydrogen) atoms. The Morgan fingerprint density at radius 2 is 2.00 bits per heavy atom. The molecule has 0 radical (unpaired) electrons. The second-order valence-corrected chi connectivity index (χ2v) is 5.73. The Labute approximate surface area is 127 Å². The minimum absolute atomic E-state index is 0.109. The molecule has 0 aromatic heterocycles. The number of aryl methyl sites for hydroxylation is 1. The molecule has 2 aromatic carbocycles. The van der Waals surface area contributed by atoms with E-state index in [-0.39, 0.29) is 11.9 Å². The zero-order valence-electron chi connectivity index (χ0n) is 11.1. The van der Waals surface area contributed by atoms with E-state index < -0.39 is 0 Å². The van der Waals surface area contributed by atoms with Crippen LogP contribution in [0.3, 0.4) is 0 Å². The van der Waals surface area contributed by atoms with Crippen LogP contribution in [0.25, 0.3) is 0 Å². The average Bonchev–Trinajstić information content (AvgIpc) is 2.37. The third kappa shape index (κ3) is 3.54. The summed E-state index contributed by atoms with van der Waals surface area (Å²) in [6.45, 7) is 5.04. The molecule has 0 aliphatic rings. The number of hydrogen-bond donors (Lipinski definition) is 1. The van der Waals surface area contributed by atoms with E-state index >= 15 is 0 Å². The van der Waals surface area contributed by atoms with Gasteiger partial charge in [0.2, 0.25) is 0 Å². The van der Waals surface area contributed by atoms with E-state index in [1.54, 1.807) is 6.07 Å². The lowest BCUT2D eigenvalue weighted by molar-refractivity contribution is 0.610. The summed E-state index contributed by atoms with van der Waals surface area (Å²) in [7, 11) is 0. The summed E-state index contributed by atoms with van der Waals surface area (Å²) in [6, 6.07) is 13.5. The first-order valence-corrected chi connectivity index (χ1v) is 7.44. The third-order valence-electron chi connectivity index (χ3n) is 3.06. The first-order valence-electron chi connectivity index (χ1n) is 6.36. The summed E-state index contributed by atoms with van der Waals surface area (Å²) in [5, 5.41) is 3.48. The zero-order valence-corrected chi connectivity index (χ0v) is 13.2. The fourth-order valence-corrected chi connectivity index (χ4v) is 2.99. The molecule has 0 aliphatic carbocycles. The molecular formula is C16H17FIN. The van der Waals surface area contributed by atoms with Gasteiger partial charge in [-0.25, -0.2) is 4.39 Å². The fraction of sp³-hybridized carbons (Fsp3) is 0.250. The van der Waals surface area contributed by atoms with Crippen LogP contribution in [0, 0.1) is 16.3 Å². The summed E-state index contributed by atoms with van der Waals surface area (Å²) in [6.07, 6.45) is 0. The number of nitrogens with one attached hydrogen (secondary N) is 1. The van der Waals surface area contributed by atoms with Crippen LogP contribution in [0.15, 0.2) is 42.5 Å². The van der Waals surface area contributed by atoms with E-state index in [2.05, 4.69) is 66.0 Å². The molecule has 3 heteroatoms. The monoisotopic (exact) mass is 369 g/mol. The van der Waals surface area contributed by atoms with Crippen LogP contribution in [-0.4, -0.2) is 6.54 Å². The Morgan fingerprint density at radius 3 is 2.63 bits per heavy atom. The first-order chi connectivity index (χ1) is 9.11. The maximum atomic E-state index is 13.2. The summed E-state index contributed by atoms with van der Waals surface area (Å²) in [4.78, 5) is 0. The van der Waals surface area contributed by atoms with Gasteiger partial charge >= 0.3 is 0 Å². The lowest BCUT2D eigenvalue weighted by Gasteiger charge is -2.21. The molecule has 0 spiro atoms. The van der Waals surface area contributed by atoms with E-state index in [0.29, 0.717) is 0 Å². The highest BCUT2D eigenvalue weighted by Crippen LogP contribution is 2.27. The molecule has 0 heterocycles. The van der Waals surface area contributed by atoms with Crippen molar-refractivity contribution in [2.75, 3.05) is 6.54 Å². The number of rotatable bonds is 4. The van der Waals surface area contributed by atoms with Gasteiger partial charge in [-0.3, -0.25) is 0 Å². The Bertz CT molecular complexity index is 568. The number of halogens is 2. The maximum Gasteiger partial charge on any atom is 0.124 e. The zero-order chi connectivity index (χ0) is 13.8. The fourth-order valence-electron chi connectivity index (χ4n) is 2.20. The van der Waals surface area contributed by atoms with Gasteiger partial charge in [0.1, 0.15) is 5.82 Å². The normalized spacial score (nSPS) is 12.4. The Balaban J connectivity index is 2.45. The van der Waals surface area contributed by atoms with Crippen molar-refractivity contribution in [2.45, 2.75) is 19.9 Å². The molecule has 0 amide bonds. The summed E-state index contributed by atoms with van der Waals surface area (Å²) in [5.41, 5.74) is 3.57. The van der Waals surface area contributed by atoms with Gasteiger partial charge < -0.3 is 5.32 Å². The largest absolute Gasteiger partial charge is 0.306 e. The van der Waals surface area contributed by atoms with Crippen molar-refractivity contribution in [3.63, 3.8) is 0 Å². The van der Waals surface area contributed by atoms with Gasteiger partial charge in [-0.2, -0.15) is 0 Å². The molecule has 1 atom stereocenters. The lowest BCUT2D eigenvalue weighted by atomic mass is 9.97. The van der Waals surface area contributed by atoms with Gasteiger partial charge in [-0.1, -0.05) is 42.8 Å². The number of hydrogen-bond acceptors (Lipinski definition) is 1. The molecule has 0 saturated carbocycles. The highest BCUT2D eigenvalue weighted by Gasteiger charge is 2.16. The van der Waals surface area contributed by atoms with Crippen molar-refractivity contribution in [3.05, 3.63) is 68.5 Å². The Morgan fingerprint density at radius 1 is 1.21 bits per heavy atom. The van der Waals surface area contributed by atoms with Crippen LogP contribution >= 0.6 is 22.6 Å². The van der Waals surface area contributed by atoms with Crippen LogP contribution in [0.5, 0.6) is 0 Å². The Kier molecular flexibility index (Phi) is 4.93. The standard InChI is InChI=1S/C16H17FIN/c1-3-19-16(12-6-4-5-11(2)9-12)14-8-7-13(17)10-15(14)18/h4-10,16,19H,3H2,1-2H3. The van der Waals surface area contributed by atoms with Gasteiger partial charge in [0.25, 0.3) is 0 Å². The second-order valence-electron chi connectivity index (χ2n) is 4.57.